The summed E-state index contributed by atoms with van der Waals surface area (Å²) in [5, 5.41) is 10.3. The van der Waals surface area contributed by atoms with E-state index in [0.29, 0.717) is 12.5 Å². The van der Waals surface area contributed by atoms with E-state index in [1.54, 1.807) is 0 Å². The first-order valence-corrected chi connectivity index (χ1v) is 8.48. The van der Waals surface area contributed by atoms with Gasteiger partial charge in [-0.25, -0.2) is 0 Å². The fourth-order valence-corrected chi connectivity index (χ4v) is 3.61. The second-order valence-electron chi connectivity index (χ2n) is 6.53. The number of rotatable bonds is 4. The fourth-order valence-electron chi connectivity index (χ4n) is 3.61. The van der Waals surface area contributed by atoms with Crippen LogP contribution >= 0.6 is 0 Å². The molecular formula is C18H26N2O2. The Balaban J connectivity index is 1.46. The molecule has 22 heavy (non-hydrogen) atoms. The zero-order valence-corrected chi connectivity index (χ0v) is 13.2. The zero-order valence-electron chi connectivity index (χ0n) is 13.2. The number of hydrogen-bond acceptors (Lipinski definition) is 3. The molecule has 4 nitrogen and oxygen atoms in total. The van der Waals surface area contributed by atoms with E-state index in [-0.39, 0.29) is 5.92 Å². The lowest BCUT2D eigenvalue weighted by Crippen LogP contribution is -2.50. The summed E-state index contributed by atoms with van der Waals surface area (Å²) < 4.78 is 0. The van der Waals surface area contributed by atoms with Crippen molar-refractivity contribution in [1.29, 1.82) is 0 Å². The van der Waals surface area contributed by atoms with E-state index >= 15 is 0 Å². The van der Waals surface area contributed by atoms with Crippen LogP contribution in [0.25, 0.3) is 0 Å². The number of nitrogens with zero attached hydrogens (tertiary/aromatic N) is 2. The minimum Gasteiger partial charge on any atom is -0.387 e. The van der Waals surface area contributed by atoms with Crippen molar-refractivity contribution in [2.45, 2.75) is 31.8 Å². The Kier molecular flexibility index (Phi) is 5.11. The van der Waals surface area contributed by atoms with Gasteiger partial charge in [0, 0.05) is 38.6 Å². The predicted molar refractivity (Wildman–Crippen MR) is 86.4 cm³/mol. The van der Waals surface area contributed by atoms with E-state index in [1.807, 2.05) is 35.2 Å². The SMILES string of the molecule is O=C(C1CCCC1)N1CCN(C[C@@H](O)c2ccccc2)CC1. The number of β-amino-alcohol motifs (C(OH)–C–C–N with tert-alkyl or cyclic N) is 1. The topological polar surface area (TPSA) is 43.8 Å². The molecule has 4 heteroatoms. The van der Waals surface area contributed by atoms with E-state index in [9.17, 15) is 9.90 Å². The van der Waals surface area contributed by atoms with Crippen molar-refractivity contribution in [1.82, 2.24) is 9.80 Å². The summed E-state index contributed by atoms with van der Waals surface area (Å²) in [6, 6.07) is 9.80. The zero-order chi connectivity index (χ0) is 15.4. The Morgan fingerprint density at radius 2 is 1.73 bits per heavy atom. The highest BCUT2D eigenvalue weighted by atomic mass is 16.3. The maximum atomic E-state index is 12.4. The summed E-state index contributed by atoms with van der Waals surface area (Å²) in [4.78, 5) is 16.7. The lowest BCUT2D eigenvalue weighted by molar-refractivity contribution is -0.137. The predicted octanol–water partition coefficient (Wildman–Crippen LogP) is 2.05. The maximum Gasteiger partial charge on any atom is 0.225 e. The highest BCUT2D eigenvalue weighted by Gasteiger charge is 2.29. The molecule has 0 bridgehead atoms. The van der Waals surface area contributed by atoms with Gasteiger partial charge in [-0.1, -0.05) is 43.2 Å². The first-order chi connectivity index (χ1) is 10.7. The summed E-state index contributed by atoms with van der Waals surface area (Å²) in [6.07, 6.45) is 4.12. The quantitative estimate of drug-likeness (QED) is 0.926. The van der Waals surface area contributed by atoms with E-state index in [4.69, 9.17) is 0 Å². The molecule has 2 fully saturated rings. The molecule has 3 rings (SSSR count). The lowest BCUT2D eigenvalue weighted by atomic mass is 10.1. The standard InChI is InChI=1S/C18H26N2O2/c21-17(15-6-2-1-3-7-15)14-19-10-12-20(13-11-19)18(22)16-8-4-5-9-16/h1-3,6-7,16-17,21H,4-5,8-14H2/t17-/m1/s1. The molecule has 0 aromatic heterocycles. The number of aliphatic hydroxyl groups excluding tert-OH is 1. The summed E-state index contributed by atoms with van der Waals surface area (Å²) in [5.74, 6) is 0.641. The third-order valence-corrected chi connectivity index (χ3v) is 5.00. The van der Waals surface area contributed by atoms with Crippen molar-refractivity contribution in [2.75, 3.05) is 32.7 Å². The van der Waals surface area contributed by atoms with Crippen LogP contribution in [-0.4, -0.2) is 53.5 Å². The second kappa shape index (κ2) is 7.25. The van der Waals surface area contributed by atoms with Crippen LogP contribution in [0.2, 0.25) is 0 Å². The number of carbonyl (C=O) groups is 1. The van der Waals surface area contributed by atoms with Gasteiger partial charge in [0.05, 0.1) is 6.10 Å². The molecule has 0 unspecified atom stereocenters. The molecular weight excluding hydrogens is 276 g/mol. The van der Waals surface area contributed by atoms with Crippen LogP contribution in [0.5, 0.6) is 0 Å². The molecule has 2 aliphatic rings. The van der Waals surface area contributed by atoms with Crippen molar-refractivity contribution in [3.63, 3.8) is 0 Å². The van der Waals surface area contributed by atoms with Gasteiger partial charge in [-0.05, 0) is 18.4 Å². The average Bonchev–Trinajstić information content (AvgIpc) is 3.10. The third-order valence-electron chi connectivity index (χ3n) is 5.00. The minimum atomic E-state index is -0.446. The number of amides is 1. The second-order valence-corrected chi connectivity index (χ2v) is 6.53. The van der Waals surface area contributed by atoms with Gasteiger partial charge >= 0.3 is 0 Å². The van der Waals surface area contributed by atoms with E-state index in [2.05, 4.69) is 4.90 Å². The Morgan fingerprint density at radius 3 is 2.36 bits per heavy atom. The van der Waals surface area contributed by atoms with Crippen LogP contribution in [0.1, 0.15) is 37.4 Å². The molecule has 0 radical (unpaired) electrons. The van der Waals surface area contributed by atoms with Crippen LogP contribution < -0.4 is 0 Å². The highest BCUT2D eigenvalue weighted by molar-refractivity contribution is 5.79. The molecule has 1 amide bonds. The number of piperazine rings is 1. The molecule has 1 aromatic carbocycles. The molecule has 1 heterocycles. The van der Waals surface area contributed by atoms with Crippen LogP contribution in [0, 0.1) is 5.92 Å². The van der Waals surface area contributed by atoms with Crippen molar-refractivity contribution < 1.29 is 9.90 Å². The van der Waals surface area contributed by atoms with Crippen LogP contribution in [-0.2, 0) is 4.79 Å². The summed E-state index contributed by atoms with van der Waals surface area (Å²) in [7, 11) is 0. The first kappa shape index (κ1) is 15.5. The maximum absolute atomic E-state index is 12.4. The molecule has 1 aliphatic carbocycles. The van der Waals surface area contributed by atoms with Gasteiger partial charge in [-0.2, -0.15) is 0 Å². The van der Waals surface area contributed by atoms with Crippen molar-refractivity contribution in [3.05, 3.63) is 35.9 Å². The first-order valence-electron chi connectivity index (χ1n) is 8.48. The van der Waals surface area contributed by atoms with E-state index in [0.717, 1.165) is 44.6 Å². The summed E-state index contributed by atoms with van der Waals surface area (Å²) >= 11 is 0. The number of carbonyl (C=O) groups excluding carboxylic acids is 1. The lowest BCUT2D eigenvalue weighted by Gasteiger charge is -2.36. The van der Waals surface area contributed by atoms with E-state index in [1.165, 1.54) is 12.8 Å². The highest BCUT2D eigenvalue weighted by Crippen LogP contribution is 2.27. The minimum absolute atomic E-state index is 0.279. The number of benzene rings is 1. The molecule has 1 atom stereocenters. The number of hydrogen-bond donors (Lipinski definition) is 1. The van der Waals surface area contributed by atoms with Gasteiger partial charge in [-0.15, -0.1) is 0 Å². The van der Waals surface area contributed by atoms with Crippen LogP contribution in [0.3, 0.4) is 0 Å². The molecule has 120 valence electrons. The Hall–Kier alpha value is -1.39. The van der Waals surface area contributed by atoms with E-state index < -0.39 is 6.10 Å². The van der Waals surface area contributed by atoms with Crippen molar-refractivity contribution in [3.8, 4) is 0 Å². The van der Waals surface area contributed by atoms with Gasteiger partial charge in [0.1, 0.15) is 0 Å². The Labute approximate surface area is 132 Å². The van der Waals surface area contributed by atoms with Gasteiger partial charge < -0.3 is 10.0 Å². The molecule has 1 aromatic rings. The number of aliphatic hydroxyl groups is 1. The smallest absolute Gasteiger partial charge is 0.225 e. The molecule has 1 aliphatic heterocycles. The normalized spacial score (nSPS) is 22.0. The van der Waals surface area contributed by atoms with Crippen LogP contribution in [0.4, 0.5) is 0 Å². The summed E-state index contributed by atoms with van der Waals surface area (Å²) in [6.45, 7) is 3.98. The summed E-state index contributed by atoms with van der Waals surface area (Å²) in [5.41, 5.74) is 0.965. The van der Waals surface area contributed by atoms with Gasteiger partial charge in [0.15, 0.2) is 0 Å². The Morgan fingerprint density at radius 1 is 1.09 bits per heavy atom. The molecule has 0 spiro atoms. The monoisotopic (exact) mass is 302 g/mol. The van der Waals surface area contributed by atoms with Gasteiger partial charge in [-0.3, -0.25) is 9.69 Å². The van der Waals surface area contributed by atoms with Crippen molar-refractivity contribution >= 4 is 5.91 Å². The largest absolute Gasteiger partial charge is 0.387 e. The van der Waals surface area contributed by atoms with Crippen LogP contribution in [0.15, 0.2) is 30.3 Å². The molecule has 1 N–H and O–H groups in total. The molecule has 1 saturated carbocycles. The average molecular weight is 302 g/mol. The Bertz CT molecular complexity index is 477. The fraction of sp³-hybridized carbons (Fsp3) is 0.611. The van der Waals surface area contributed by atoms with Gasteiger partial charge in [0.25, 0.3) is 0 Å². The van der Waals surface area contributed by atoms with Gasteiger partial charge in [0.2, 0.25) is 5.91 Å². The third kappa shape index (κ3) is 3.68. The molecule has 1 saturated heterocycles. The van der Waals surface area contributed by atoms with Crippen molar-refractivity contribution in [2.24, 2.45) is 5.92 Å².